The second-order valence-corrected chi connectivity index (χ2v) is 8.37. The van der Waals surface area contributed by atoms with Gasteiger partial charge in [0.05, 0.1) is 20.8 Å². The molecule has 1 saturated heterocycles. The minimum Gasteiger partial charge on any atom is -0.494 e. The quantitative estimate of drug-likeness (QED) is 0.532. The van der Waals surface area contributed by atoms with E-state index < -0.39 is 0 Å². The SMILES string of the molecule is COc1cc2c(cc1OC)C(=O)N(C1CCCN(CCCOc3ccc(F)cc3)C1)CC2.Cl. The summed E-state index contributed by atoms with van der Waals surface area (Å²) in [5.74, 6) is 1.77. The lowest BCUT2D eigenvalue weighted by Crippen LogP contribution is -2.52. The topological polar surface area (TPSA) is 51.2 Å². The normalized spacial score (nSPS) is 18.3. The van der Waals surface area contributed by atoms with Crippen molar-refractivity contribution in [1.29, 1.82) is 0 Å². The number of carbonyl (C=O) groups is 1. The summed E-state index contributed by atoms with van der Waals surface area (Å²) in [4.78, 5) is 17.7. The smallest absolute Gasteiger partial charge is 0.254 e. The van der Waals surface area contributed by atoms with E-state index in [1.54, 1.807) is 26.4 Å². The van der Waals surface area contributed by atoms with Gasteiger partial charge in [0.25, 0.3) is 5.91 Å². The average Bonchev–Trinajstić information content (AvgIpc) is 2.82. The standard InChI is InChI=1S/C25H31FN2O4.ClH/c1-30-23-15-18-10-13-28(25(29)22(18)16-24(23)31-2)20-5-3-11-27(17-20)12-4-14-32-21-8-6-19(26)7-9-21;/h6-9,15-16,20H,3-5,10-14,17H2,1-2H3;1H. The van der Waals surface area contributed by atoms with Crippen molar-refractivity contribution in [3.63, 3.8) is 0 Å². The van der Waals surface area contributed by atoms with Crippen LogP contribution in [0.25, 0.3) is 0 Å². The molecule has 0 saturated carbocycles. The maximum absolute atomic E-state index is 13.3. The summed E-state index contributed by atoms with van der Waals surface area (Å²) in [5, 5.41) is 0. The van der Waals surface area contributed by atoms with Crippen molar-refractivity contribution in [3.05, 3.63) is 53.3 Å². The number of carbonyl (C=O) groups excluding carboxylic acids is 1. The number of piperidine rings is 1. The lowest BCUT2D eigenvalue weighted by Gasteiger charge is -2.41. The summed E-state index contributed by atoms with van der Waals surface area (Å²) in [6.45, 7) is 4.15. The molecule has 2 heterocycles. The second kappa shape index (κ2) is 11.6. The molecule has 0 bridgehead atoms. The summed E-state index contributed by atoms with van der Waals surface area (Å²) >= 11 is 0. The van der Waals surface area contributed by atoms with Gasteiger partial charge in [-0.05, 0) is 74.2 Å². The third kappa shape index (κ3) is 5.89. The summed E-state index contributed by atoms with van der Waals surface area (Å²) in [7, 11) is 3.21. The zero-order valence-electron chi connectivity index (χ0n) is 19.2. The second-order valence-electron chi connectivity index (χ2n) is 8.37. The number of amides is 1. The van der Waals surface area contributed by atoms with Gasteiger partial charge in [0.2, 0.25) is 0 Å². The van der Waals surface area contributed by atoms with E-state index in [9.17, 15) is 9.18 Å². The Bertz CT molecular complexity index is 941. The van der Waals surface area contributed by atoms with Gasteiger partial charge in [-0.3, -0.25) is 4.79 Å². The summed E-state index contributed by atoms with van der Waals surface area (Å²) in [6, 6.07) is 10.1. The van der Waals surface area contributed by atoms with Crippen LogP contribution in [-0.4, -0.2) is 68.8 Å². The van der Waals surface area contributed by atoms with Gasteiger partial charge in [-0.15, -0.1) is 12.4 Å². The zero-order chi connectivity index (χ0) is 22.5. The van der Waals surface area contributed by atoms with Gasteiger partial charge in [0.15, 0.2) is 11.5 Å². The van der Waals surface area contributed by atoms with E-state index in [1.807, 2.05) is 17.0 Å². The summed E-state index contributed by atoms with van der Waals surface area (Å²) in [6.07, 6.45) is 3.81. The van der Waals surface area contributed by atoms with Crippen molar-refractivity contribution in [3.8, 4) is 17.2 Å². The van der Waals surface area contributed by atoms with Crippen molar-refractivity contribution in [2.24, 2.45) is 0 Å². The molecule has 33 heavy (non-hydrogen) atoms. The first-order valence-corrected chi connectivity index (χ1v) is 11.3. The molecule has 4 rings (SSSR count). The fraction of sp³-hybridized carbons (Fsp3) is 0.480. The minimum atomic E-state index is -0.260. The summed E-state index contributed by atoms with van der Waals surface area (Å²) < 4.78 is 29.5. The molecular weight excluding hydrogens is 447 g/mol. The molecule has 180 valence electrons. The molecule has 2 aliphatic rings. The van der Waals surface area contributed by atoms with Crippen molar-refractivity contribution >= 4 is 18.3 Å². The van der Waals surface area contributed by atoms with E-state index in [2.05, 4.69) is 4.90 Å². The van der Waals surface area contributed by atoms with Gasteiger partial charge >= 0.3 is 0 Å². The van der Waals surface area contributed by atoms with E-state index in [1.165, 1.54) is 12.1 Å². The number of nitrogens with zero attached hydrogens (tertiary/aromatic N) is 2. The van der Waals surface area contributed by atoms with Crippen LogP contribution in [0.3, 0.4) is 0 Å². The van der Waals surface area contributed by atoms with Gasteiger partial charge < -0.3 is 24.0 Å². The van der Waals surface area contributed by atoms with Crippen LogP contribution in [0.15, 0.2) is 36.4 Å². The number of methoxy groups -OCH3 is 2. The number of hydrogen-bond acceptors (Lipinski definition) is 5. The van der Waals surface area contributed by atoms with E-state index in [0.717, 1.165) is 63.0 Å². The number of hydrogen-bond donors (Lipinski definition) is 0. The van der Waals surface area contributed by atoms with E-state index in [4.69, 9.17) is 14.2 Å². The van der Waals surface area contributed by atoms with E-state index in [-0.39, 0.29) is 30.2 Å². The third-order valence-electron chi connectivity index (χ3n) is 6.35. The van der Waals surface area contributed by atoms with Crippen molar-refractivity contribution in [2.75, 3.05) is 47.0 Å². The Morgan fingerprint density at radius 2 is 1.79 bits per heavy atom. The van der Waals surface area contributed by atoms with Crippen LogP contribution in [-0.2, 0) is 6.42 Å². The van der Waals surface area contributed by atoms with Crippen LogP contribution in [0.5, 0.6) is 17.2 Å². The fourth-order valence-electron chi connectivity index (χ4n) is 4.67. The van der Waals surface area contributed by atoms with Gasteiger partial charge in [0, 0.05) is 31.2 Å². The number of fused-ring (bicyclic) bond motifs is 1. The molecule has 1 atom stereocenters. The lowest BCUT2D eigenvalue weighted by molar-refractivity contribution is 0.0517. The molecule has 2 aromatic carbocycles. The number of likely N-dealkylation sites (tertiary alicyclic amines) is 1. The highest BCUT2D eigenvalue weighted by molar-refractivity contribution is 5.97. The number of rotatable bonds is 8. The predicted octanol–water partition coefficient (Wildman–Crippen LogP) is 4.20. The molecule has 0 aliphatic carbocycles. The zero-order valence-corrected chi connectivity index (χ0v) is 20.0. The van der Waals surface area contributed by atoms with Gasteiger partial charge in [-0.25, -0.2) is 4.39 Å². The average molecular weight is 479 g/mol. The molecule has 0 aromatic heterocycles. The Morgan fingerprint density at radius 1 is 1.06 bits per heavy atom. The fourth-order valence-corrected chi connectivity index (χ4v) is 4.67. The maximum atomic E-state index is 13.3. The molecule has 0 spiro atoms. The van der Waals surface area contributed by atoms with E-state index in [0.29, 0.717) is 23.9 Å². The molecule has 0 radical (unpaired) electrons. The maximum Gasteiger partial charge on any atom is 0.254 e. The highest BCUT2D eigenvalue weighted by Gasteiger charge is 2.33. The van der Waals surface area contributed by atoms with Crippen LogP contribution < -0.4 is 14.2 Å². The molecule has 1 fully saturated rings. The van der Waals surface area contributed by atoms with Crippen LogP contribution in [0.4, 0.5) is 4.39 Å². The van der Waals surface area contributed by atoms with Crippen molar-refractivity contribution < 1.29 is 23.4 Å². The lowest BCUT2D eigenvalue weighted by atomic mass is 9.94. The van der Waals surface area contributed by atoms with Gasteiger partial charge in [0.1, 0.15) is 11.6 Å². The van der Waals surface area contributed by atoms with Crippen LogP contribution >= 0.6 is 12.4 Å². The molecule has 1 unspecified atom stereocenters. The van der Waals surface area contributed by atoms with Crippen LogP contribution in [0.1, 0.15) is 35.2 Å². The first-order valence-electron chi connectivity index (χ1n) is 11.3. The molecule has 0 N–H and O–H groups in total. The molecule has 2 aromatic rings. The first-order chi connectivity index (χ1) is 15.6. The number of ether oxygens (including phenoxy) is 3. The van der Waals surface area contributed by atoms with Gasteiger partial charge in [-0.2, -0.15) is 0 Å². The van der Waals surface area contributed by atoms with Crippen LogP contribution in [0.2, 0.25) is 0 Å². The summed E-state index contributed by atoms with van der Waals surface area (Å²) in [5.41, 5.74) is 1.74. The molecule has 2 aliphatic heterocycles. The molecule has 1 amide bonds. The number of halogens is 2. The Balaban J connectivity index is 0.00000306. The Morgan fingerprint density at radius 3 is 2.52 bits per heavy atom. The van der Waals surface area contributed by atoms with Crippen molar-refractivity contribution in [1.82, 2.24) is 9.80 Å². The largest absolute Gasteiger partial charge is 0.494 e. The van der Waals surface area contributed by atoms with Crippen LogP contribution in [0, 0.1) is 5.82 Å². The number of benzene rings is 2. The molecule has 6 nitrogen and oxygen atoms in total. The molecular formula is C25H32ClFN2O4. The highest BCUT2D eigenvalue weighted by atomic mass is 35.5. The molecule has 8 heteroatoms. The minimum absolute atomic E-state index is 0. The Hall–Kier alpha value is -2.51. The first kappa shape index (κ1) is 25.1. The third-order valence-corrected chi connectivity index (χ3v) is 6.35. The monoisotopic (exact) mass is 478 g/mol. The Kier molecular flexibility index (Phi) is 8.80. The Labute approximate surface area is 201 Å². The van der Waals surface area contributed by atoms with Crippen molar-refractivity contribution in [2.45, 2.75) is 31.7 Å². The van der Waals surface area contributed by atoms with Gasteiger partial charge in [-0.1, -0.05) is 0 Å². The van der Waals surface area contributed by atoms with E-state index >= 15 is 0 Å². The predicted molar refractivity (Wildman–Crippen MR) is 128 cm³/mol. The highest BCUT2D eigenvalue weighted by Crippen LogP contribution is 2.34.